The van der Waals surface area contributed by atoms with Gasteiger partial charge in [0.1, 0.15) is 5.82 Å². The summed E-state index contributed by atoms with van der Waals surface area (Å²) in [6, 6.07) is 12.5. The summed E-state index contributed by atoms with van der Waals surface area (Å²) in [6.45, 7) is 1.13. The van der Waals surface area contributed by atoms with Crippen LogP contribution in [-0.2, 0) is 12.8 Å². The Morgan fingerprint density at radius 3 is 2.71 bits per heavy atom. The Labute approximate surface area is 123 Å². The first kappa shape index (κ1) is 15.0. The second-order valence-corrected chi connectivity index (χ2v) is 4.61. The molecule has 0 amide bonds. The van der Waals surface area contributed by atoms with Crippen LogP contribution >= 0.6 is 0 Å². The summed E-state index contributed by atoms with van der Waals surface area (Å²) >= 11 is 0. The Kier molecular flexibility index (Phi) is 5.70. The second-order valence-electron chi connectivity index (χ2n) is 4.61. The van der Waals surface area contributed by atoms with E-state index in [2.05, 4.69) is 15.3 Å². The Morgan fingerprint density at radius 1 is 1.14 bits per heavy atom. The number of aliphatic imine (C=N–C) groups is 1. The number of hydrogen-bond acceptors (Lipinski definition) is 2. The highest BCUT2D eigenvalue weighted by atomic mass is 19.1. The zero-order chi connectivity index (χ0) is 14.9. The summed E-state index contributed by atoms with van der Waals surface area (Å²) in [5, 5.41) is 2.99. The molecule has 1 heterocycles. The van der Waals surface area contributed by atoms with E-state index in [1.165, 1.54) is 6.07 Å². The van der Waals surface area contributed by atoms with Crippen LogP contribution in [0, 0.1) is 5.82 Å². The summed E-state index contributed by atoms with van der Waals surface area (Å²) in [5.74, 6) is 0.187. The maximum atomic E-state index is 13.4. The number of benzene rings is 1. The van der Waals surface area contributed by atoms with E-state index in [-0.39, 0.29) is 5.82 Å². The van der Waals surface area contributed by atoms with Crippen LogP contribution in [0.2, 0.25) is 0 Å². The van der Waals surface area contributed by atoms with Crippen LogP contribution in [0.5, 0.6) is 0 Å². The van der Waals surface area contributed by atoms with Gasteiger partial charge in [0.15, 0.2) is 5.96 Å². The van der Waals surface area contributed by atoms with Gasteiger partial charge in [-0.1, -0.05) is 24.3 Å². The van der Waals surface area contributed by atoms with Gasteiger partial charge in [0, 0.05) is 31.4 Å². The van der Waals surface area contributed by atoms with Crippen molar-refractivity contribution >= 4 is 5.96 Å². The Balaban J connectivity index is 1.70. The number of guanidine groups is 1. The molecular formula is C16H19FN4. The fourth-order valence-electron chi connectivity index (χ4n) is 1.92. The van der Waals surface area contributed by atoms with Crippen LogP contribution in [0.25, 0.3) is 0 Å². The Morgan fingerprint density at radius 2 is 1.95 bits per heavy atom. The van der Waals surface area contributed by atoms with Crippen molar-refractivity contribution in [1.82, 2.24) is 10.3 Å². The van der Waals surface area contributed by atoms with E-state index in [9.17, 15) is 4.39 Å². The number of aromatic nitrogens is 1. The third kappa shape index (κ3) is 5.22. The lowest BCUT2D eigenvalue weighted by molar-refractivity contribution is 0.607. The summed E-state index contributed by atoms with van der Waals surface area (Å²) in [5.41, 5.74) is 7.42. The molecule has 110 valence electrons. The molecule has 0 spiro atoms. The van der Waals surface area contributed by atoms with Gasteiger partial charge in [-0.3, -0.25) is 9.98 Å². The molecule has 0 radical (unpaired) electrons. The predicted octanol–water partition coefficient (Wildman–Crippen LogP) is 1.91. The number of hydrogen-bond donors (Lipinski definition) is 2. The van der Waals surface area contributed by atoms with E-state index in [0.717, 1.165) is 12.1 Å². The number of rotatable bonds is 6. The third-order valence-corrected chi connectivity index (χ3v) is 3.03. The van der Waals surface area contributed by atoms with Crippen LogP contribution in [0.1, 0.15) is 11.3 Å². The Bertz CT molecular complexity index is 584. The molecule has 0 saturated carbocycles. The summed E-state index contributed by atoms with van der Waals surface area (Å²) in [4.78, 5) is 8.44. The molecule has 5 heteroatoms. The van der Waals surface area contributed by atoms with E-state index >= 15 is 0 Å². The quantitative estimate of drug-likeness (QED) is 0.630. The first-order valence-corrected chi connectivity index (χ1v) is 6.93. The van der Waals surface area contributed by atoms with Crippen molar-refractivity contribution in [2.45, 2.75) is 12.8 Å². The van der Waals surface area contributed by atoms with Crippen LogP contribution in [0.15, 0.2) is 53.7 Å². The van der Waals surface area contributed by atoms with Gasteiger partial charge in [0.25, 0.3) is 0 Å². The van der Waals surface area contributed by atoms with Crippen LogP contribution in [0.3, 0.4) is 0 Å². The molecule has 4 nitrogen and oxygen atoms in total. The average molecular weight is 286 g/mol. The summed E-state index contributed by atoms with van der Waals surface area (Å²) < 4.78 is 13.4. The highest BCUT2D eigenvalue weighted by Gasteiger charge is 2.00. The maximum Gasteiger partial charge on any atom is 0.188 e. The maximum absolute atomic E-state index is 13.4. The SMILES string of the molecule is NC(=NCCc1ccccn1)NCCc1ccccc1F. The molecule has 0 aliphatic rings. The molecule has 0 fully saturated rings. The smallest absolute Gasteiger partial charge is 0.188 e. The number of nitrogens with two attached hydrogens (primary N) is 1. The zero-order valence-electron chi connectivity index (χ0n) is 11.8. The molecule has 0 saturated heterocycles. The fourth-order valence-corrected chi connectivity index (χ4v) is 1.92. The minimum absolute atomic E-state index is 0.190. The average Bonchev–Trinajstić information content (AvgIpc) is 2.50. The molecule has 3 N–H and O–H groups in total. The lowest BCUT2D eigenvalue weighted by Crippen LogP contribution is -2.33. The molecule has 0 unspecified atom stereocenters. The fraction of sp³-hybridized carbons (Fsp3) is 0.250. The molecule has 0 atom stereocenters. The van der Waals surface area contributed by atoms with Gasteiger partial charge >= 0.3 is 0 Å². The molecule has 1 aromatic heterocycles. The standard InChI is InChI=1S/C16H19FN4/c17-15-7-2-1-5-13(15)8-11-20-16(18)21-12-9-14-6-3-4-10-19-14/h1-7,10H,8-9,11-12H2,(H3,18,20,21). The van der Waals surface area contributed by atoms with Gasteiger partial charge < -0.3 is 11.1 Å². The van der Waals surface area contributed by atoms with Crippen molar-refractivity contribution in [1.29, 1.82) is 0 Å². The minimum atomic E-state index is -0.190. The number of halogens is 1. The topological polar surface area (TPSA) is 63.3 Å². The van der Waals surface area contributed by atoms with Crippen molar-refractivity contribution in [3.63, 3.8) is 0 Å². The van der Waals surface area contributed by atoms with Crippen molar-refractivity contribution in [2.24, 2.45) is 10.7 Å². The first-order valence-electron chi connectivity index (χ1n) is 6.93. The van der Waals surface area contributed by atoms with Gasteiger partial charge in [0.2, 0.25) is 0 Å². The summed E-state index contributed by atoms with van der Waals surface area (Å²) in [7, 11) is 0. The second kappa shape index (κ2) is 7.99. The molecule has 2 aromatic rings. The van der Waals surface area contributed by atoms with Crippen LogP contribution < -0.4 is 11.1 Å². The first-order chi connectivity index (χ1) is 10.3. The lowest BCUT2D eigenvalue weighted by atomic mass is 10.1. The molecule has 0 bridgehead atoms. The van der Waals surface area contributed by atoms with Crippen molar-refractivity contribution in [2.75, 3.05) is 13.1 Å². The van der Waals surface area contributed by atoms with Crippen molar-refractivity contribution < 1.29 is 4.39 Å². The molecule has 21 heavy (non-hydrogen) atoms. The van der Waals surface area contributed by atoms with E-state index in [1.54, 1.807) is 18.3 Å². The molecule has 2 rings (SSSR count). The monoisotopic (exact) mass is 286 g/mol. The summed E-state index contributed by atoms with van der Waals surface area (Å²) in [6.07, 6.45) is 3.08. The van der Waals surface area contributed by atoms with Gasteiger partial charge in [-0.25, -0.2) is 4.39 Å². The molecule has 0 aliphatic heterocycles. The zero-order valence-corrected chi connectivity index (χ0v) is 11.8. The third-order valence-electron chi connectivity index (χ3n) is 3.03. The van der Waals surface area contributed by atoms with E-state index in [1.807, 2.05) is 24.3 Å². The highest BCUT2D eigenvalue weighted by molar-refractivity contribution is 5.77. The normalized spacial score (nSPS) is 11.4. The van der Waals surface area contributed by atoms with Crippen molar-refractivity contribution in [3.05, 3.63) is 65.7 Å². The van der Waals surface area contributed by atoms with Gasteiger partial charge in [-0.15, -0.1) is 0 Å². The van der Waals surface area contributed by atoms with E-state index < -0.39 is 0 Å². The predicted molar refractivity (Wildman–Crippen MR) is 82.5 cm³/mol. The minimum Gasteiger partial charge on any atom is -0.370 e. The van der Waals surface area contributed by atoms with Crippen molar-refractivity contribution in [3.8, 4) is 0 Å². The van der Waals surface area contributed by atoms with Gasteiger partial charge in [0.05, 0.1) is 0 Å². The van der Waals surface area contributed by atoms with Crippen LogP contribution in [0.4, 0.5) is 4.39 Å². The van der Waals surface area contributed by atoms with Gasteiger partial charge in [-0.2, -0.15) is 0 Å². The van der Waals surface area contributed by atoms with Gasteiger partial charge in [-0.05, 0) is 30.2 Å². The molecular weight excluding hydrogens is 267 g/mol. The number of pyridine rings is 1. The van der Waals surface area contributed by atoms with E-state index in [4.69, 9.17) is 5.73 Å². The molecule has 0 aliphatic carbocycles. The van der Waals surface area contributed by atoms with Crippen LogP contribution in [-0.4, -0.2) is 24.0 Å². The number of nitrogens with one attached hydrogen (secondary N) is 1. The largest absolute Gasteiger partial charge is 0.370 e. The lowest BCUT2D eigenvalue weighted by Gasteiger charge is -2.06. The number of nitrogens with zero attached hydrogens (tertiary/aromatic N) is 2. The molecule has 1 aromatic carbocycles. The highest BCUT2D eigenvalue weighted by Crippen LogP contribution is 2.05. The van der Waals surface area contributed by atoms with E-state index in [0.29, 0.717) is 31.0 Å². The Hall–Kier alpha value is -2.43.